The monoisotopic (exact) mass is 526 g/mol. The predicted octanol–water partition coefficient (Wildman–Crippen LogP) is 5.18. The van der Waals surface area contributed by atoms with Crippen molar-refractivity contribution in [3.05, 3.63) is 75.2 Å². The number of nitrogens with one attached hydrogen (secondary N) is 1. The molecule has 0 saturated carbocycles. The molecular weight excluding hydrogens is 500 g/mol. The molecule has 0 spiro atoms. The number of carbonyl (C=O) groups excluding carboxylic acids is 1. The standard InChI is InChI=1S/C25H27BrN4O4/c1-5-9-33-24(31)21-16(3)29-25-27-14-28-30(25)22(21)18-11-19(26)23(20(12-18)32-4)34-13-17-8-6-7-15(2)10-17/h6-8,10-12,14,22H,5,9,13H2,1-4H3,(H,27,28,29). The van der Waals surface area contributed by atoms with Crippen molar-refractivity contribution in [3.8, 4) is 11.5 Å². The fourth-order valence-electron chi connectivity index (χ4n) is 3.93. The van der Waals surface area contributed by atoms with E-state index in [2.05, 4.69) is 37.4 Å². The van der Waals surface area contributed by atoms with Crippen molar-refractivity contribution in [2.75, 3.05) is 19.0 Å². The Labute approximate surface area is 207 Å². The molecule has 0 fully saturated rings. The molecular formula is C25H27BrN4O4. The van der Waals surface area contributed by atoms with Crippen LogP contribution in [0, 0.1) is 6.92 Å². The van der Waals surface area contributed by atoms with E-state index in [9.17, 15) is 4.79 Å². The first-order valence-electron chi connectivity index (χ1n) is 11.0. The molecule has 4 rings (SSSR count). The van der Waals surface area contributed by atoms with Gasteiger partial charge in [-0.05, 0) is 59.5 Å². The number of carbonyl (C=O) groups is 1. The number of fused-ring (bicyclic) bond motifs is 1. The minimum Gasteiger partial charge on any atom is -0.493 e. The average molecular weight is 527 g/mol. The van der Waals surface area contributed by atoms with E-state index in [1.807, 2.05) is 51.1 Å². The molecule has 2 aromatic carbocycles. The van der Waals surface area contributed by atoms with Crippen LogP contribution in [-0.4, -0.2) is 34.5 Å². The molecule has 0 radical (unpaired) electrons. The van der Waals surface area contributed by atoms with E-state index in [0.717, 1.165) is 17.5 Å². The van der Waals surface area contributed by atoms with Gasteiger partial charge < -0.3 is 19.5 Å². The van der Waals surface area contributed by atoms with Gasteiger partial charge in [0.25, 0.3) is 0 Å². The highest BCUT2D eigenvalue weighted by Crippen LogP contribution is 2.43. The summed E-state index contributed by atoms with van der Waals surface area (Å²) in [7, 11) is 1.59. The van der Waals surface area contributed by atoms with Crippen LogP contribution in [-0.2, 0) is 16.1 Å². The van der Waals surface area contributed by atoms with Gasteiger partial charge >= 0.3 is 5.97 Å². The van der Waals surface area contributed by atoms with Gasteiger partial charge in [0.05, 0.1) is 23.8 Å². The highest BCUT2D eigenvalue weighted by atomic mass is 79.9. The minimum absolute atomic E-state index is 0.339. The van der Waals surface area contributed by atoms with Crippen molar-refractivity contribution < 1.29 is 19.0 Å². The summed E-state index contributed by atoms with van der Waals surface area (Å²) in [6.45, 7) is 6.57. The second kappa shape index (κ2) is 10.3. The maximum atomic E-state index is 13.0. The Hall–Kier alpha value is -3.33. The number of hydrogen-bond acceptors (Lipinski definition) is 7. The maximum Gasteiger partial charge on any atom is 0.338 e. The smallest absolute Gasteiger partial charge is 0.338 e. The lowest BCUT2D eigenvalue weighted by Crippen LogP contribution is -2.29. The van der Waals surface area contributed by atoms with Crippen molar-refractivity contribution in [2.24, 2.45) is 0 Å². The molecule has 0 aliphatic carbocycles. The van der Waals surface area contributed by atoms with E-state index in [0.29, 0.717) is 46.4 Å². The van der Waals surface area contributed by atoms with Crippen LogP contribution in [0.2, 0.25) is 0 Å². The van der Waals surface area contributed by atoms with Crippen LogP contribution in [0.25, 0.3) is 0 Å². The molecule has 2 heterocycles. The summed E-state index contributed by atoms with van der Waals surface area (Å²) in [5.41, 5.74) is 4.14. The van der Waals surface area contributed by atoms with E-state index in [1.54, 1.807) is 11.8 Å². The third kappa shape index (κ3) is 4.79. The third-order valence-corrected chi connectivity index (χ3v) is 6.07. The predicted molar refractivity (Wildman–Crippen MR) is 132 cm³/mol. The highest BCUT2D eigenvalue weighted by molar-refractivity contribution is 9.10. The number of nitrogens with zero attached hydrogens (tertiary/aromatic N) is 3. The van der Waals surface area contributed by atoms with Crippen LogP contribution in [0.3, 0.4) is 0 Å². The fourth-order valence-corrected chi connectivity index (χ4v) is 4.51. The summed E-state index contributed by atoms with van der Waals surface area (Å²) >= 11 is 3.64. The molecule has 1 unspecified atom stereocenters. The van der Waals surface area contributed by atoms with Crippen LogP contribution >= 0.6 is 15.9 Å². The second-order valence-electron chi connectivity index (χ2n) is 8.04. The number of allylic oxidation sites excluding steroid dienone is 1. The summed E-state index contributed by atoms with van der Waals surface area (Å²) < 4.78 is 19.7. The van der Waals surface area contributed by atoms with Gasteiger partial charge in [-0.3, -0.25) is 0 Å². The topological polar surface area (TPSA) is 87.5 Å². The number of ether oxygens (including phenoxy) is 3. The number of aromatic nitrogens is 3. The van der Waals surface area contributed by atoms with Crippen LogP contribution in [0.4, 0.5) is 5.95 Å². The SMILES string of the molecule is CCCOC(=O)C1=C(C)Nc2ncnn2C1c1cc(Br)c(OCc2cccc(C)c2)c(OC)c1. The van der Waals surface area contributed by atoms with E-state index < -0.39 is 12.0 Å². The van der Waals surface area contributed by atoms with E-state index in [1.165, 1.54) is 11.9 Å². The molecule has 1 aromatic heterocycles. The molecule has 34 heavy (non-hydrogen) atoms. The number of anilines is 1. The van der Waals surface area contributed by atoms with Gasteiger partial charge in [0.2, 0.25) is 5.95 Å². The molecule has 0 saturated heterocycles. The molecule has 1 N–H and O–H groups in total. The van der Waals surface area contributed by atoms with Gasteiger partial charge in [-0.15, -0.1) is 0 Å². The van der Waals surface area contributed by atoms with Crippen molar-refractivity contribution in [1.82, 2.24) is 14.8 Å². The Morgan fingerprint density at radius 2 is 2.06 bits per heavy atom. The number of aryl methyl sites for hydroxylation is 1. The zero-order valence-electron chi connectivity index (χ0n) is 19.6. The Balaban J connectivity index is 1.72. The summed E-state index contributed by atoms with van der Waals surface area (Å²) in [5.74, 6) is 1.27. The lowest BCUT2D eigenvalue weighted by molar-refractivity contribution is -0.139. The van der Waals surface area contributed by atoms with Crippen LogP contribution in [0.15, 0.2) is 58.5 Å². The third-order valence-electron chi connectivity index (χ3n) is 5.48. The molecule has 3 aromatic rings. The molecule has 178 valence electrons. The van der Waals surface area contributed by atoms with Crippen LogP contribution < -0.4 is 14.8 Å². The molecule has 8 nitrogen and oxygen atoms in total. The van der Waals surface area contributed by atoms with Crippen LogP contribution in [0.5, 0.6) is 11.5 Å². The van der Waals surface area contributed by atoms with Crippen molar-refractivity contribution >= 4 is 27.8 Å². The summed E-state index contributed by atoms with van der Waals surface area (Å²) in [5, 5.41) is 7.51. The largest absolute Gasteiger partial charge is 0.493 e. The van der Waals surface area contributed by atoms with Gasteiger partial charge in [-0.2, -0.15) is 10.1 Å². The van der Waals surface area contributed by atoms with Crippen molar-refractivity contribution in [3.63, 3.8) is 0 Å². The van der Waals surface area contributed by atoms with E-state index in [-0.39, 0.29) is 0 Å². The number of halogens is 1. The zero-order chi connectivity index (χ0) is 24.2. The van der Waals surface area contributed by atoms with Gasteiger partial charge in [-0.1, -0.05) is 36.8 Å². The first-order valence-corrected chi connectivity index (χ1v) is 11.8. The van der Waals surface area contributed by atoms with Crippen molar-refractivity contribution in [1.29, 1.82) is 0 Å². The maximum absolute atomic E-state index is 13.0. The molecule has 1 atom stereocenters. The Bertz CT molecular complexity index is 1240. The fraction of sp³-hybridized carbons (Fsp3) is 0.320. The summed E-state index contributed by atoms with van der Waals surface area (Å²) in [6.07, 6.45) is 2.19. The first-order chi connectivity index (χ1) is 16.4. The number of hydrogen-bond donors (Lipinski definition) is 1. The highest BCUT2D eigenvalue weighted by Gasteiger charge is 2.35. The van der Waals surface area contributed by atoms with Gasteiger partial charge in [-0.25, -0.2) is 9.48 Å². The number of rotatable bonds is 8. The number of esters is 1. The molecule has 0 bridgehead atoms. The zero-order valence-corrected chi connectivity index (χ0v) is 21.2. The lowest BCUT2D eigenvalue weighted by atomic mass is 9.95. The average Bonchev–Trinajstić information content (AvgIpc) is 3.28. The summed E-state index contributed by atoms with van der Waals surface area (Å²) in [6, 6.07) is 11.4. The first kappa shape index (κ1) is 23.8. The Kier molecular flexibility index (Phi) is 7.21. The van der Waals surface area contributed by atoms with E-state index in [4.69, 9.17) is 14.2 Å². The molecule has 1 aliphatic heterocycles. The van der Waals surface area contributed by atoms with Gasteiger partial charge in [0, 0.05) is 5.70 Å². The minimum atomic E-state index is -0.542. The summed E-state index contributed by atoms with van der Waals surface area (Å²) in [4.78, 5) is 17.3. The molecule has 9 heteroatoms. The normalized spacial score (nSPS) is 14.9. The molecule has 0 amide bonds. The van der Waals surface area contributed by atoms with Crippen molar-refractivity contribution in [2.45, 2.75) is 39.8 Å². The van der Waals surface area contributed by atoms with Crippen LogP contribution in [0.1, 0.15) is 43.0 Å². The van der Waals surface area contributed by atoms with Gasteiger partial charge in [0.15, 0.2) is 11.5 Å². The number of methoxy groups -OCH3 is 1. The Morgan fingerprint density at radius 3 is 2.79 bits per heavy atom. The quantitative estimate of drug-likeness (QED) is 0.404. The Morgan fingerprint density at radius 1 is 1.24 bits per heavy atom. The second-order valence-corrected chi connectivity index (χ2v) is 8.90. The van der Waals surface area contributed by atoms with Gasteiger partial charge in [0.1, 0.15) is 19.0 Å². The number of benzene rings is 2. The lowest BCUT2D eigenvalue weighted by Gasteiger charge is -2.29. The van der Waals surface area contributed by atoms with E-state index >= 15 is 0 Å². The molecule has 1 aliphatic rings.